The molecule has 0 saturated carbocycles. The molecule has 14 heteroatoms. The van der Waals surface area contributed by atoms with E-state index >= 15 is 0 Å². The highest BCUT2D eigenvalue weighted by atomic mass is 35.5. The number of aliphatic hydroxyl groups is 1. The number of anilines is 2. The van der Waals surface area contributed by atoms with Crippen LogP contribution in [-0.4, -0.2) is 94.0 Å². The second kappa shape index (κ2) is 17.8. The van der Waals surface area contributed by atoms with Gasteiger partial charge in [0.15, 0.2) is 0 Å². The first kappa shape index (κ1) is 38.8. The van der Waals surface area contributed by atoms with Crippen LogP contribution in [0.3, 0.4) is 0 Å². The summed E-state index contributed by atoms with van der Waals surface area (Å²) in [7, 11) is -0.745. The Kier molecular flexibility index (Phi) is 13.8. The second-order valence-electron chi connectivity index (χ2n) is 12.6. The predicted molar refractivity (Wildman–Crippen MR) is 194 cm³/mol. The van der Waals surface area contributed by atoms with Crippen molar-refractivity contribution in [1.29, 1.82) is 0 Å². The molecule has 3 N–H and O–H groups in total. The number of sulfonamides is 1. The van der Waals surface area contributed by atoms with Crippen molar-refractivity contribution < 1.29 is 37.3 Å². The average Bonchev–Trinajstić information content (AvgIpc) is 3.09. The van der Waals surface area contributed by atoms with Gasteiger partial charge in [0.1, 0.15) is 11.5 Å². The standard InChI is InChI=1S/C36H47ClN4O8S/c1-24-21-41(25(2)23-42)35(43)32-20-29(39-50(45,46)31-16-9-27(37)10-17-31)13-18-33(32)49-26(3)8-6-7-19-48-34(24)22-40(4)36(44)38-28-11-14-30(47-5)15-12-28/h9-18,20,24-26,34,39,42H,6-8,19,21-23H2,1-5H3,(H,38,44)/t24-,25-,26-,34+/m1/s1. The number of methoxy groups -OCH3 is 1. The van der Waals surface area contributed by atoms with E-state index in [1.807, 2.05) is 13.8 Å². The Morgan fingerprint density at radius 3 is 2.42 bits per heavy atom. The molecule has 3 amide bonds. The van der Waals surface area contributed by atoms with Gasteiger partial charge in [-0.15, -0.1) is 0 Å². The number of nitrogens with one attached hydrogen (secondary N) is 2. The van der Waals surface area contributed by atoms with Crippen molar-refractivity contribution in [2.45, 2.75) is 63.2 Å². The third-order valence-electron chi connectivity index (χ3n) is 8.57. The third-order valence-corrected chi connectivity index (χ3v) is 10.2. The minimum atomic E-state index is -4.00. The highest BCUT2D eigenvalue weighted by molar-refractivity contribution is 7.92. The number of halogens is 1. The number of amides is 3. The van der Waals surface area contributed by atoms with Crippen LogP contribution >= 0.6 is 11.6 Å². The lowest BCUT2D eigenvalue weighted by molar-refractivity contribution is -0.0115. The summed E-state index contributed by atoms with van der Waals surface area (Å²) in [5.41, 5.74) is 0.923. The van der Waals surface area contributed by atoms with Gasteiger partial charge in [0.05, 0.1) is 42.4 Å². The minimum Gasteiger partial charge on any atom is -0.497 e. The smallest absolute Gasteiger partial charge is 0.321 e. The fraction of sp³-hybridized carbons (Fsp3) is 0.444. The van der Waals surface area contributed by atoms with Gasteiger partial charge in [0.25, 0.3) is 15.9 Å². The number of carbonyl (C=O) groups is 2. The summed E-state index contributed by atoms with van der Waals surface area (Å²) in [6.07, 6.45) is 1.53. The Morgan fingerprint density at radius 2 is 1.76 bits per heavy atom. The molecule has 12 nitrogen and oxygen atoms in total. The Balaban J connectivity index is 1.61. The maximum absolute atomic E-state index is 14.4. The number of rotatable bonds is 9. The summed E-state index contributed by atoms with van der Waals surface area (Å²) in [4.78, 5) is 30.6. The molecule has 1 aliphatic rings. The van der Waals surface area contributed by atoms with Crippen LogP contribution in [0.25, 0.3) is 0 Å². The van der Waals surface area contributed by atoms with E-state index in [0.29, 0.717) is 35.2 Å². The van der Waals surface area contributed by atoms with E-state index in [2.05, 4.69) is 10.0 Å². The molecule has 0 bridgehead atoms. The molecule has 4 atom stereocenters. The van der Waals surface area contributed by atoms with Crippen molar-refractivity contribution in [3.63, 3.8) is 0 Å². The second-order valence-corrected chi connectivity index (χ2v) is 14.7. The van der Waals surface area contributed by atoms with Gasteiger partial charge in [-0.05, 0) is 99.8 Å². The largest absolute Gasteiger partial charge is 0.497 e. The summed E-state index contributed by atoms with van der Waals surface area (Å²) >= 11 is 5.95. The molecular weight excluding hydrogens is 684 g/mol. The van der Waals surface area contributed by atoms with E-state index in [4.69, 9.17) is 25.8 Å². The monoisotopic (exact) mass is 730 g/mol. The van der Waals surface area contributed by atoms with E-state index in [-0.39, 0.29) is 53.9 Å². The molecule has 0 unspecified atom stereocenters. The van der Waals surface area contributed by atoms with Crippen molar-refractivity contribution >= 4 is 44.9 Å². The van der Waals surface area contributed by atoms with E-state index in [1.165, 1.54) is 35.2 Å². The number of hydrogen-bond acceptors (Lipinski definition) is 8. The van der Waals surface area contributed by atoms with Crippen LogP contribution in [0.15, 0.2) is 71.6 Å². The van der Waals surface area contributed by atoms with Crippen molar-refractivity contribution in [1.82, 2.24) is 9.80 Å². The highest BCUT2D eigenvalue weighted by Gasteiger charge is 2.31. The Morgan fingerprint density at radius 1 is 1.08 bits per heavy atom. The summed E-state index contributed by atoms with van der Waals surface area (Å²) in [5, 5.41) is 13.5. The quantitative estimate of drug-likeness (QED) is 0.239. The number of ether oxygens (including phenoxy) is 3. The number of carbonyl (C=O) groups excluding carboxylic acids is 2. The number of likely N-dealkylation sites (N-methyl/N-ethyl adjacent to an activating group) is 1. The maximum atomic E-state index is 14.4. The van der Waals surface area contributed by atoms with Crippen molar-refractivity contribution in [2.24, 2.45) is 5.92 Å². The van der Waals surface area contributed by atoms with Gasteiger partial charge in [0, 0.05) is 49.1 Å². The normalized spacial score (nSPS) is 19.7. The first-order valence-corrected chi connectivity index (χ1v) is 18.5. The lowest BCUT2D eigenvalue weighted by atomic mass is 10.0. The van der Waals surface area contributed by atoms with Crippen LogP contribution in [0.2, 0.25) is 5.02 Å². The van der Waals surface area contributed by atoms with Gasteiger partial charge in [0.2, 0.25) is 0 Å². The van der Waals surface area contributed by atoms with Gasteiger partial charge in [-0.25, -0.2) is 13.2 Å². The molecule has 272 valence electrons. The molecule has 3 aromatic carbocycles. The highest BCUT2D eigenvalue weighted by Crippen LogP contribution is 2.30. The summed E-state index contributed by atoms with van der Waals surface area (Å²) in [6, 6.07) is 16.4. The van der Waals surface area contributed by atoms with E-state index in [1.54, 1.807) is 62.4 Å². The zero-order valence-electron chi connectivity index (χ0n) is 29.1. The van der Waals surface area contributed by atoms with Crippen molar-refractivity contribution in [3.8, 4) is 11.5 Å². The topological polar surface area (TPSA) is 147 Å². The molecule has 50 heavy (non-hydrogen) atoms. The van der Waals surface area contributed by atoms with Gasteiger partial charge in [-0.2, -0.15) is 0 Å². The molecule has 4 rings (SSSR count). The number of urea groups is 1. The molecule has 0 saturated heterocycles. The lowest BCUT2D eigenvalue weighted by Gasteiger charge is -2.35. The van der Waals surface area contributed by atoms with Crippen LogP contribution in [0.4, 0.5) is 16.2 Å². The number of nitrogens with zero attached hydrogens (tertiary/aromatic N) is 2. The molecule has 0 spiro atoms. The fourth-order valence-electron chi connectivity index (χ4n) is 5.52. The molecule has 0 radical (unpaired) electrons. The zero-order chi connectivity index (χ0) is 36.4. The Labute approximate surface area is 299 Å². The van der Waals surface area contributed by atoms with Crippen molar-refractivity contribution in [2.75, 3.05) is 50.5 Å². The maximum Gasteiger partial charge on any atom is 0.321 e. The summed E-state index contributed by atoms with van der Waals surface area (Å²) < 4.78 is 46.7. The van der Waals surface area contributed by atoms with Crippen LogP contribution in [0, 0.1) is 5.92 Å². The van der Waals surface area contributed by atoms with E-state index in [9.17, 15) is 23.1 Å². The van der Waals surface area contributed by atoms with Crippen LogP contribution in [0.5, 0.6) is 11.5 Å². The molecule has 3 aromatic rings. The summed E-state index contributed by atoms with van der Waals surface area (Å²) in [5.74, 6) is 0.254. The van der Waals surface area contributed by atoms with E-state index in [0.717, 1.165) is 12.8 Å². The predicted octanol–water partition coefficient (Wildman–Crippen LogP) is 6.11. The molecule has 0 fully saturated rings. The van der Waals surface area contributed by atoms with E-state index < -0.39 is 28.1 Å². The van der Waals surface area contributed by atoms with Gasteiger partial charge in [-0.3, -0.25) is 9.52 Å². The van der Waals surface area contributed by atoms with Gasteiger partial charge < -0.3 is 34.4 Å². The van der Waals surface area contributed by atoms with Crippen LogP contribution in [0.1, 0.15) is 50.4 Å². The average molecular weight is 731 g/mol. The Bertz CT molecular complexity index is 1690. The van der Waals surface area contributed by atoms with Crippen LogP contribution < -0.4 is 19.5 Å². The van der Waals surface area contributed by atoms with Crippen LogP contribution in [-0.2, 0) is 14.8 Å². The zero-order valence-corrected chi connectivity index (χ0v) is 30.7. The number of fused-ring (bicyclic) bond motifs is 1. The Hall–Kier alpha value is -4.04. The number of aliphatic hydroxyl groups excluding tert-OH is 1. The number of hydrogen-bond donors (Lipinski definition) is 3. The number of benzene rings is 3. The molecular formula is C36H47ClN4O8S. The lowest BCUT2D eigenvalue weighted by Crippen LogP contribution is -2.48. The first-order valence-electron chi connectivity index (χ1n) is 16.6. The first-order chi connectivity index (χ1) is 23.8. The van der Waals surface area contributed by atoms with Crippen molar-refractivity contribution in [3.05, 3.63) is 77.3 Å². The molecule has 1 aliphatic heterocycles. The fourth-order valence-corrected chi connectivity index (χ4v) is 6.70. The third kappa shape index (κ3) is 10.5. The van der Waals surface area contributed by atoms with Gasteiger partial charge >= 0.3 is 6.03 Å². The molecule has 0 aliphatic carbocycles. The molecule has 1 heterocycles. The minimum absolute atomic E-state index is 0.0104. The SMILES string of the molecule is COc1ccc(NC(=O)N(C)C[C@@H]2OCCCC[C@@H](C)Oc3ccc(NS(=O)(=O)c4ccc(Cl)cc4)cc3C(=O)N([C@H](C)CO)C[C@H]2C)cc1. The summed E-state index contributed by atoms with van der Waals surface area (Å²) in [6.45, 7) is 6.13. The molecule has 0 aromatic heterocycles. The van der Waals surface area contributed by atoms with Gasteiger partial charge in [-0.1, -0.05) is 18.5 Å².